The van der Waals surface area contributed by atoms with E-state index in [2.05, 4.69) is 9.97 Å². The minimum absolute atomic E-state index is 0.0726. The summed E-state index contributed by atoms with van der Waals surface area (Å²) >= 11 is 0. The second-order valence-electron chi connectivity index (χ2n) is 7.61. The molecule has 0 aliphatic carbocycles. The van der Waals surface area contributed by atoms with Gasteiger partial charge in [-0.3, -0.25) is 38.9 Å². The maximum atomic E-state index is 11.0. The van der Waals surface area contributed by atoms with E-state index in [9.17, 15) is 19.2 Å². The second kappa shape index (κ2) is 13.0. The van der Waals surface area contributed by atoms with Crippen LogP contribution in [0.5, 0.6) is 0 Å². The zero-order valence-electron chi connectivity index (χ0n) is 18.3. The Morgan fingerprint density at radius 1 is 0.559 bits per heavy atom. The molecule has 2 aromatic rings. The number of carbonyl (C=O) groups is 4. The molecule has 2 rings (SSSR count). The molecule has 12 nitrogen and oxygen atoms in total. The number of aliphatic carboxylic acids is 4. The summed E-state index contributed by atoms with van der Waals surface area (Å²) in [6.45, 7) is -1.54. The topological polar surface area (TPSA) is 181 Å². The van der Waals surface area contributed by atoms with Gasteiger partial charge >= 0.3 is 23.9 Å². The largest absolute Gasteiger partial charge is 0.480 e. The monoisotopic (exact) mass is 474 g/mol. The second-order valence-corrected chi connectivity index (χ2v) is 7.61. The minimum atomic E-state index is -1.13. The quantitative estimate of drug-likeness (QED) is 0.276. The Bertz CT molecular complexity index is 916. The van der Waals surface area contributed by atoms with Crippen molar-refractivity contribution < 1.29 is 39.6 Å². The van der Waals surface area contributed by atoms with E-state index in [1.807, 2.05) is 0 Å². The molecule has 0 atom stereocenters. The summed E-state index contributed by atoms with van der Waals surface area (Å²) < 4.78 is 0. The average molecular weight is 474 g/mol. The smallest absolute Gasteiger partial charge is 0.317 e. The fraction of sp³-hybridized carbons (Fsp3) is 0.364. The van der Waals surface area contributed by atoms with Crippen LogP contribution in [0, 0.1) is 0 Å². The van der Waals surface area contributed by atoms with Crippen LogP contribution in [0.25, 0.3) is 0 Å². The van der Waals surface area contributed by atoms with Crippen LogP contribution in [0.15, 0.2) is 36.4 Å². The molecule has 0 aromatic carbocycles. The van der Waals surface area contributed by atoms with Gasteiger partial charge in [0.1, 0.15) is 0 Å². The van der Waals surface area contributed by atoms with E-state index in [0.29, 0.717) is 35.6 Å². The summed E-state index contributed by atoms with van der Waals surface area (Å²) in [5.41, 5.74) is 2.52. The fourth-order valence-electron chi connectivity index (χ4n) is 3.33. The summed E-state index contributed by atoms with van der Waals surface area (Å²) in [6.07, 6.45) is 1.02. The van der Waals surface area contributed by atoms with E-state index in [4.69, 9.17) is 20.4 Å². The Hall–Kier alpha value is -3.90. The first-order valence-corrected chi connectivity index (χ1v) is 10.3. The molecule has 0 amide bonds. The van der Waals surface area contributed by atoms with Crippen molar-refractivity contribution >= 4 is 23.9 Å². The molecule has 0 spiro atoms. The Morgan fingerprint density at radius 2 is 0.853 bits per heavy atom. The molecule has 2 aromatic heterocycles. The number of hydrogen-bond donors (Lipinski definition) is 4. The first-order chi connectivity index (χ1) is 16.1. The number of hydrogen-bond acceptors (Lipinski definition) is 8. The maximum Gasteiger partial charge on any atom is 0.317 e. The number of pyridine rings is 2. The first-order valence-electron chi connectivity index (χ1n) is 10.3. The molecular weight excluding hydrogens is 448 g/mol. The first kappa shape index (κ1) is 26.4. The highest BCUT2D eigenvalue weighted by Gasteiger charge is 2.16. The maximum absolute atomic E-state index is 11.0. The van der Waals surface area contributed by atoms with E-state index in [0.717, 1.165) is 0 Å². The van der Waals surface area contributed by atoms with Crippen LogP contribution >= 0.6 is 0 Å². The van der Waals surface area contributed by atoms with Gasteiger partial charge in [0.2, 0.25) is 0 Å². The van der Waals surface area contributed by atoms with Gasteiger partial charge in [-0.25, -0.2) is 0 Å². The Morgan fingerprint density at radius 3 is 1.15 bits per heavy atom. The molecule has 12 heteroatoms. The molecule has 0 saturated carbocycles. The van der Waals surface area contributed by atoms with Gasteiger partial charge in [0.15, 0.2) is 0 Å². The number of carboxylic acid groups (broad SMARTS) is 4. The van der Waals surface area contributed by atoms with Crippen LogP contribution in [0.1, 0.15) is 22.8 Å². The number of carboxylic acids is 4. The highest BCUT2D eigenvalue weighted by molar-refractivity contribution is 5.73. The molecule has 34 heavy (non-hydrogen) atoms. The van der Waals surface area contributed by atoms with Gasteiger partial charge in [0, 0.05) is 24.5 Å². The molecular formula is C22H26N4O8. The third-order valence-electron chi connectivity index (χ3n) is 4.57. The lowest BCUT2D eigenvalue weighted by molar-refractivity contribution is -0.144. The van der Waals surface area contributed by atoms with Crippen LogP contribution < -0.4 is 0 Å². The van der Waals surface area contributed by atoms with Crippen LogP contribution in [0.2, 0.25) is 0 Å². The Labute approximate surface area is 195 Å². The minimum Gasteiger partial charge on any atom is -0.480 e. The van der Waals surface area contributed by atoms with Gasteiger partial charge in [-0.1, -0.05) is 12.1 Å². The van der Waals surface area contributed by atoms with Crippen molar-refractivity contribution in [2.75, 3.05) is 26.2 Å². The standard InChI is InChI=1S/C22H26N4O8/c27-19(28)11-25(12-20(29)30)9-17-5-1-3-15(23-17)7-8-16-4-2-6-18(24-16)10-26(13-21(31)32)14-22(33)34/h1-6H,7-14H2,(H,27,28)(H,29,30)(H,31,32)(H,33,34). The number of rotatable bonds is 15. The van der Waals surface area contributed by atoms with E-state index in [1.165, 1.54) is 9.80 Å². The average Bonchev–Trinajstić information content (AvgIpc) is 2.71. The summed E-state index contributed by atoms with van der Waals surface area (Å²) in [6, 6.07) is 10.5. The molecule has 2 heterocycles. The summed E-state index contributed by atoms with van der Waals surface area (Å²) in [5.74, 6) is -4.52. The van der Waals surface area contributed by atoms with Gasteiger partial charge in [0.05, 0.1) is 37.6 Å². The normalized spacial score (nSPS) is 11.0. The van der Waals surface area contributed by atoms with Crippen molar-refractivity contribution in [1.82, 2.24) is 19.8 Å². The van der Waals surface area contributed by atoms with Gasteiger partial charge in [-0.05, 0) is 37.1 Å². The SMILES string of the molecule is O=C(O)CN(CC(=O)O)Cc1cccc(CCc2cccc(CN(CC(=O)O)CC(=O)O)n2)n1. The van der Waals surface area contributed by atoms with Gasteiger partial charge in [-0.15, -0.1) is 0 Å². The van der Waals surface area contributed by atoms with Crippen LogP contribution in [-0.2, 0) is 45.1 Å². The third kappa shape index (κ3) is 10.1. The highest BCUT2D eigenvalue weighted by atomic mass is 16.4. The fourth-order valence-corrected chi connectivity index (χ4v) is 3.33. The zero-order valence-corrected chi connectivity index (χ0v) is 18.3. The molecule has 0 bridgehead atoms. The molecule has 0 aliphatic heterocycles. The molecule has 0 radical (unpaired) electrons. The van der Waals surface area contributed by atoms with Crippen molar-refractivity contribution in [1.29, 1.82) is 0 Å². The highest BCUT2D eigenvalue weighted by Crippen LogP contribution is 2.09. The van der Waals surface area contributed by atoms with Crippen LogP contribution in [-0.4, -0.2) is 90.3 Å². The van der Waals surface area contributed by atoms with Crippen LogP contribution in [0.3, 0.4) is 0 Å². The Kier molecular flexibility index (Phi) is 10.0. The lowest BCUT2D eigenvalue weighted by atomic mass is 10.1. The van der Waals surface area contributed by atoms with Crippen molar-refractivity contribution in [2.24, 2.45) is 0 Å². The molecule has 0 fully saturated rings. The Balaban J connectivity index is 2.02. The lowest BCUT2D eigenvalue weighted by Gasteiger charge is -2.18. The summed E-state index contributed by atoms with van der Waals surface area (Å²) in [4.78, 5) is 55.4. The van der Waals surface area contributed by atoms with E-state index in [-0.39, 0.29) is 13.1 Å². The molecule has 4 N–H and O–H groups in total. The van der Waals surface area contributed by atoms with E-state index in [1.54, 1.807) is 36.4 Å². The van der Waals surface area contributed by atoms with Crippen molar-refractivity contribution in [2.45, 2.75) is 25.9 Å². The van der Waals surface area contributed by atoms with E-state index < -0.39 is 50.1 Å². The van der Waals surface area contributed by atoms with E-state index >= 15 is 0 Å². The molecule has 0 saturated heterocycles. The number of nitrogens with zero attached hydrogens (tertiary/aromatic N) is 4. The number of aryl methyl sites for hydroxylation is 2. The summed E-state index contributed by atoms with van der Waals surface area (Å²) in [5, 5.41) is 35.9. The third-order valence-corrected chi connectivity index (χ3v) is 4.57. The van der Waals surface area contributed by atoms with Gasteiger partial charge in [0.25, 0.3) is 0 Å². The van der Waals surface area contributed by atoms with Gasteiger partial charge in [-0.2, -0.15) is 0 Å². The zero-order chi connectivity index (χ0) is 25.1. The predicted molar refractivity (Wildman–Crippen MR) is 117 cm³/mol. The van der Waals surface area contributed by atoms with Crippen molar-refractivity contribution in [3.63, 3.8) is 0 Å². The molecule has 0 unspecified atom stereocenters. The van der Waals surface area contributed by atoms with Crippen LogP contribution in [0.4, 0.5) is 0 Å². The number of aromatic nitrogens is 2. The summed E-state index contributed by atoms with van der Waals surface area (Å²) in [7, 11) is 0. The van der Waals surface area contributed by atoms with Gasteiger partial charge < -0.3 is 20.4 Å². The lowest BCUT2D eigenvalue weighted by Crippen LogP contribution is -2.34. The predicted octanol–water partition coefficient (Wildman–Crippen LogP) is 0.204. The molecule has 0 aliphatic rings. The van der Waals surface area contributed by atoms with Crippen molar-refractivity contribution in [3.8, 4) is 0 Å². The van der Waals surface area contributed by atoms with Crippen molar-refractivity contribution in [3.05, 3.63) is 59.2 Å². The molecule has 182 valence electrons.